The van der Waals surface area contributed by atoms with Crippen molar-refractivity contribution < 1.29 is 9.59 Å². The van der Waals surface area contributed by atoms with Gasteiger partial charge in [0, 0.05) is 42.8 Å². The van der Waals surface area contributed by atoms with Crippen LogP contribution in [0.1, 0.15) is 36.2 Å². The van der Waals surface area contributed by atoms with Crippen molar-refractivity contribution in [1.82, 2.24) is 14.9 Å². The highest BCUT2D eigenvalue weighted by Gasteiger charge is 2.27. The van der Waals surface area contributed by atoms with Gasteiger partial charge in [-0.15, -0.1) is 0 Å². The third-order valence-electron chi connectivity index (χ3n) is 4.74. The van der Waals surface area contributed by atoms with Crippen molar-refractivity contribution in [2.45, 2.75) is 32.7 Å². The second-order valence-corrected chi connectivity index (χ2v) is 7.66. The van der Waals surface area contributed by atoms with E-state index < -0.39 is 0 Å². The summed E-state index contributed by atoms with van der Waals surface area (Å²) < 4.78 is 0. The first-order chi connectivity index (χ1) is 13.9. The zero-order chi connectivity index (χ0) is 20.8. The first kappa shape index (κ1) is 20.5. The molecule has 0 saturated carbocycles. The van der Waals surface area contributed by atoms with Crippen LogP contribution in [0.4, 0.5) is 11.6 Å². The third-order valence-corrected chi connectivity index (χ3v) is 4.74. The SMILES string of the molecule is C=CC(=O)Nc1ccc(C(=O)N2CC[C@H](Nc3ncc(CC(C)C)cn3)C2)cc1. The number of anilines is 2. The fraction of sp³-hybridized carbons (Fsp3) is 0.364. The molecule has 2 aromatic rings. The van der Waals surface area contributed by atoms with Crippen LogP contribution in [-0.2, 0) is 11.2 Å². The fourth-order valence-electron chi connectivity index (χ4n) is 3.32. The van der Waals surface area contributed by atoms with Gasteiger partial charge in [0.2, 0.25) is 11.9 Å². The maximum atomic E-state index is 12.7. The summed E-state index contributed by atoms with van der Waals surface area (Å²) in [6, 6.07) is 7.00. The van der Waals surface area contributed by atoms with Crippen molar-refractivity contribution in [1.29, 1.82) is 0 Å². The number of rotatable bonds is 7. The van der Waals surface area contributed by atoms with Gasteiger partial charge in [0.15, 0.2) is 0 Å². The summed E-state index contributed by atoms with van der Waals surface area (Å²) >= 11 is 0. The number of carbonyl (C=O) groups excluding carboxylic acids is 2. The lowest BCUT2D eigenvalue weighted by atomic mass is 10.1. The van der Waals surface area contributed by atoms with Crippen molar-refractivity contribution in [3.63, 3.8) is 0 Å². The van der Waals surface area contributed by atoms with Gasteiger partial charge >= 0.3 is 0 Å². The topological polar surface area (TPSA) is 87.2 Å². The molecular weight excluding hydrogens is 366 g/mol. The molecule has 2 heterocycles. The highest BCUT2D eigenvalue weighted by atomic mass is 16.2. The van der Waals surface area contributed by atoms with Gasteiger partial charge in [-0.25, -0.2) is 9.97 Å². The Balaban J connectivity index is 1.54. The molecule has 3 rings (SSSR count). The summed E-state index contributed by atoms with van der Waals surface area (Å²) in [6.45, 7) is 9.03. The summed E-state index contributed by atoms with van der Waals surface area (Å²) in [5.74, 6) is 0.861. The molecule has 1 saturated heterocycles. The van der Waals surface area contributed by atoms with E-state index in [0.29, 0.717) is 36.2 Å². The number of benzene rings is 1. The molecule has 7 nitrogen and oxygen atoms in total. The molecule has 0 spiro atoms. The zero-order valence-electron chi connectivity index (χ0n) is 16.9. The van der Waals surface area contributed by atoms with Crippen LogP contribution in [0, 0.1) is 5.92 Å². The molecule has 0 unspecified atom stereocenters. The van der Waals surface area contributed by atoms with Crippen LogP contribution in [-0.4, -0.2) is 45.8 Å². The number of nitrogens with zero attached hydrogens (tertiary/aromatic N) is 3. The van der Waals surface area contributed by atoms with Crippen LogP contribution in [0.25, 0.3) is 0 Å². The number of likely N-dealkylation sites (tertiary alicyclic amines) is 1. The summed E-state index contributed by atoms with van der Waals surface area (Å²) in [6.07, 6.45) is 6.73. The second kappa shape index (κ2) is 9.32. The Kier molecular flexibility index (Phi) is 6.59. The molecule has 152 valence electrons. The lowest BCUT2D eigenvalue weighted by Gasteiger charge is -2.17. The minimum Gasteiger partial charge on any atom is -0.350 e. The number of carbonyl (C=O) groups is 2. The van der Waals surface area contributed by atoms with E-state index in [9.17, 15) is 9.59 Å². The summed E-state index contributed by atoms with van der Waals surface area (Å²) in [5, 5.41) is 5.99. The smallest absolute Gasteiger partial charge is 0.253 e. The van der Waals surface area contributed by atoms with E-state index in [4.69, 9.17) is 0 Å². The van der Waals surface area contributed by atoms with Crippen molar-refractivity contribution in [3.8, 4) is 0 Å². The second-order valence-electron chi connectivity index (χ2n) is 7.66. The first-order valence-corrected chi connectivity index (χ1v) is 9.85. The average Bonchev–Trinajstić information content (AvgIpc) is 3.17. The van der Waals surface area contributed by atoms with Crippen LogP contribution in [0.3, 0.4) is 0 Å². The summed E-state index contributed by atoms with van der Waals surface area (Å²) in [5.41, 5.74) is 2.35. The first-order valence-electron chi connectivity index (χ1n) is 9.85. The van der Waals surface area contributed by atoms with E-state index in [1.807, 2.05) is 17.3 Å². The fourth-order valence-corrected chi connectivity index (χ4v) is 3.32. The molecule has 1 aliphatic heterocycles. The van der Waals surface area contributed by atoms with E-state index in [0.717, 1.165) is 18.4 Å². The Morgan fingerprint density at radius 3 is 2.55 bits per heavy atom. The molecule has 1 aromatic heterocycles. The van der Waals surface area contributed by atoms with E-state index in [2.05, 4.69) is 41.0 Å². The van der Waals surface area contributed by atoms with Crippen molar-refractivity contribution in [2.24, 2.45) is 5.92 Å². The van der Waals surface area contributed by atoms with Crippen molar-refractivity contribution >= 4 is 23.5 Å². The Labute approximate surface area is 171 Å². The Morgan fingerprint density at radius 1 is 1.24 bits per heavy atom. The Bertz CT molecular complexity index is 862. The maximum absolute atomic E-state index is 12.7. The minimum atomic E-state index is -0.281. The lowest BCUT2D eigenvalue weighted by Crippen LogP contribution is -2.31. The van der Waals surface area contributed by atoms with Crippen LogP contribution >= 0.6 is 0 Å². The quantitative estimate of drug-likeness (QED) is 0.706. The molecule has 1 aliphatic rings. The number of nitrogens with one attached hydrogen (secondary N) is 2. The summed E-state index contributed by atoms with van der Waals surface area (Å²) in [7, 11) is 0. The number of hydrogen-bond acceptors (Lipinski definition) is 5. The zero-order valence-corrected chi connectivity index (χ0v) is 16.9. The van der Waals surface area contributed by atoms with Crippen LogP contribution in [0.15, 0.2) is 49.3 Å². The van der Waals surface area contributed by atoms with Gasteiger partial charge in [0.05, 0.1) is 0 Å². The highest BCUT2D eigenvalue weighted by molar-refractivity contribution is 5.99. The molecule has 29 heavy (non-hydrogen) atoms. The van der Waals surface area contributed by atoms with E-state index in [1.54, 1.807) is 24.3 Å². The predicted octanol–water partition coefficient (Wildman–Crippen LogP) is 3.13. The van der Waals surface area contributed by atoms with Crippen LogP contribution < -0.4 is 10.6 Å². The molecule has 0 radical (unpaired) electrons. The molecule has 1 fully saturated rings. The molecule has 2 amide bonds. The average molecular weight is 393 g/mol. The largest absolute Gasteiger partial charge is 0.350 e. The van der Waals surface area contributed by atoms with Gasteiger partial charge in [-0.05, 0) is 54.7 Å². The Hall–Kier alpha value is -3.22. The summed E-state index contributed by atoms with van der Waals surface area (Å²) in [4.78, 5) is 34.7. The van der Waals surface area contributed by atoms with Gasteiger partial charge in [-0.2, -0.15) is 0 Å². The van der Waals surface area contributed by atoms with Gasteiger partial charge in [-0.3, -0.25) is 9.59 Å². The molecule has 0 bridgehead atoms. The third kappa shape index (κ3) is 5.63. The molecular formula is C22H27N5O2. The monoisotopic (exact) mass is 393 g/mol. The predicted molar refractivity (Wildman–Crippen MR) is 114 cm³/mol. The van der Waals surface area contributed by atoms with E-state index in [-0.39, 0.29) is 17.9 Å². The highest BCUT2D eigenvalue weighted by Crippen LogP contribution is 2.18. The van der Waals surface area contributed by atoms with Gasteiger partial charge < -0.3 is 15.5 Å². The van der Waals surface area contributed by atoms with E-state index >= 15 is 0 Å². The molecule has 0 aliphatic carbocycles. The number of hydrogen-bond donors (Lipinski definition) is 2. The van der Waals surface area contributed by atoms with Gasteiger partial charge in [0.1, 0.15) is 0 Å². The van der Waals surface area contributed by atoms with Crippen LogP contribution in [0.2, 0.25) is 0 Å². The standard InChI is InChI=1S/C22H27N5O2/c1-4-20(28)25-18-7-5-17(6-8-18)21(29)27-10-9-19(14-27)26-22-23-12-16(13-24-22)11-15(2)3/h4-8,12-13,15,19H,1,9-11,14H2,2-3H3,(H,25,28)(H,23,24,26)/t19-/m0/s1. The molecule has 1 atom stereocenters. The van der Waals surface area contributed by atoms with Crippen molar-refractivity contribution in [3.05, 3.63) is 60.4 Å². The van der Waals surface area contributed by atoms with Gasteiger partial charge in [-0.1, -0.05) is 20.4 Å². The molecule has 2 N–H and O–H groups in total. The van der Waals surface area contributed by atoms with Crippen LogP contribution in [0.5, 0.6) is 0 Å². The lowest BCUT2D eigenvalue weighted by molar-refractivity contribution is -0.111. The normalized spacial score (nSPS) is 16.0. The van der Waals surface area contributed by atoms with Crippen molar-refractivity contribution in [2.75, 3.05) is 23.7 Å². The number of amides is 2. The molecule has 7 heteroatoms. The number of aromatic nitrogens is 2. The minimum absolute atomic E-state index is 0.0240. The molecule has 1 aromatic carbocycles. The maximum Gasteiger partial charge on any atom is 0.253 e. The Morgan fingerprint density at radius 2 is 1.93 bits per heavy atom. The van der Waals surface area contributed by atoms with Gasteiger partial charge in [0.25, 0.3) is 5.91 Å². The van der Waals surface area contributed by atoms with E-state index in [1.165, 1.54) is 6.08 Å².